The Kier molecular flexibility index (Phi) is 9.22. The van der Waals surface area contributed by atoms with Gasteiger partial charge in [-0.2, -0.15) is 0 Å². The molecule has 35 heavy (non-hydrogen) atoms. The Morgan fingerprint density at radius 2 is 1.89 bits per heavy atom. The largest absolute Gasteiger partial charge is 0.461 e. The Labute approximate surface area is 208 Å². The van der Waals surface area contributed by atoms with Gasteiger partial charge in [0.15, 0.2) is 0 Å². The van der Waals surface area contributed by atoms with Gasteiger partial charge in [-0.3, -0.25) is 14.9 Å². The van der Waals surface area contributed by atoms with Crippen molar-refractivity contribution in [3.05, 3.63) is 41.2 Å². The quantitative estimate of drug-likeness (QED) is 0.340. The fourth-order valence-corrected chi connectivity index (χ4v) is 5.27. The van der Waals surface area contributed by atoms with Crippen LogP contribution in [0.1, 0.15) is 61.9 Å². The van der Waals surface area contributed by atoms with E-state index in [1.54, 1.807) is 18.2 Å². The summed E-state index contributed by atoms with van der Waals surface area (Å²) in [7, 11) is 0. The number of nitrogens with two attached hydrogens (primary N) is 2. The van der Waals surface area contributed by atoms with Crippen molar-refractivity contribution in [2.45, 2.75) is 64.5 Å². The van der Waals surface area contributed by atoms with E-state index in [1.165, 1.54) is 6.07 Å². The van der Waals surface area contributed by atoms with Crippen molar-refractivity contribution < 1.29 is 23.5 Å². The molecule has 0 radical (unpaired) electrons. The maximum absolute atomic E-state index is 14.6. The number of ether oxygens (including phenoxy) is 1. The molecule has 0 saturated heterocycles. The van der Waals surface area contributed by atoms with Crippen LogP contribution in [0.3, 0.4) is 0 Å². The smallest absolute Gasteiger partial charge is 0.323 e. The number of benzene rings is 1. The van der Waals surface area contributed by atoms with Crippen LogP contribution in [0.4, 0.5) is 14.2 Å². The van der Waals surface area contributed by atoms with Crippen LogP contribution in [-0.4, -0.2) is 36.6 Å². The average molecular weight is 505 g/mol. The second kappa shape index (κ2) is 12.1. The van der Waals surface area contributed by atoms with Crippen LogP contribution >= 0.6 is 11.3 Å². The molecule has 1 heterocycles. The van der Waals surface area contributed by atoms with Crippen molar-refractivity contribution >= 4 is 34.2 Å². The van der Waals surface area contributed by atoms with E-state index in [0.717, 1.165) is 37.0 Å². The summed E-state index contributed by atoms with van der Waals surface area (Å²) >= 11 is 1.13. The van der Waals surface area contributed by atoms with Crippen molar-refractivity contribution in [1.82, 2.24) is 5.32 Å². The molecule has 0 spiro atoms. The van der Waals surface area contributed by atoms with Crippen LogP contribution in [-0.2, 0) is 16.0 Å². The van der Waals surface area contributed by atoms with Crippen LogP contribution in [0.2, 0.25) is 0 Å². The topological polar surface area (TPSA) is 137 Å². The first-order chi connectivity index (χ1) is 16.6. The Bertz CT molecular complexity index is 1070. The first-order valence-electron chi connectivity index (χ1n) is 11.9. The molecule has 1 aromatic carbocycles. The average Bonchev–Trinajstić information content (AvgIpc) is 3.43. The molecule has 1 saturated carbocycles. The monoisotopic (exact) mass is 504 g/mol. The molecule has 0 aliphatic heterocycles. The van der Waals surface area contributed by atoms with Gasteiger partial charge < -0.3 is 21.5 Å². The minimum Gasteiger partial charge on any atom is -0.461 e. The summed E-state index contributed by atoms with van der Waals surface area (Å²) in [5.41, 5.74) is 11.8. The van der Waals surface area contributed by atoms with Crippen LogP contribution < -0.4 is 22.1 Å². The predicted octanol–water partition coefficient (Wildman–Crippen LogP) is 4.18. The molecule has 8 nitrogen and oxygen atoms in total. The van der Waals surface area contributed by atoms with Gasteiger partial charge in [0.2, 0.25) is 0 Å². The number of hydrogen-bond donors (Lipinski definition) is 4. The zero-order chi connectivity index (χ0) is 25.5. The fraction of sp³-hybridized carbons (Fsp3) is 0.480. The third-order valence-corrected chi connectivity index (χ3v) is 7.03. The van der Waals surface area contributed by atoms with Gasteiger partial charge in [-0.25, -0.2) is 9.18 Å². The highest BCUT2D eigenvalue weighted by molar-refractivity contribution is 7.20. The van der Waals surface area contributed by atoms with Gasteiger partial charge in [0, 0.05) is 11.4 Å². The molecule has 10 heteroatoms. The minimum atomic E-state index is -0.811. The van der Waals surface area contributed by atoms with Crippen LogP contribution in [0.25, 0.3) is 10.4 Å². The zero-order valence-electron chi connectivity index (χ0n) is 20.1. The molecule has 1 aliphatic rings. The lowest BCUT2D eigenvalue weighted by Crippen LogP contribution is -2.41. The SMILES string of the molecule is CC(C)C[C@H](NCCc1cc(-c2cc(C(N)=O)c(NC(N)=O)s2)ccc1F)C(=O)OC1CCCC1. The van der Waals surface area contributed by atoms with Crippen LogP contribution in [0.5, 0.6) is 0 Å². The Hall–Kier alpha value is -2.98. The number of carbonyl (C=O) groups is 3. The standard InChI is InChI=1S/C25H33FN4O4S/c1-14(2)11-20(24(32)34-17-5-3-4-6-17)29-10-9-15-12-16(7-8-19(15)26)21-13-18(22(27)31)23(35-21)30-25(28)33/h7-8,12-14,17,20,29H,3-6,9-11H2,1-2H3,(H2,27,31)(H3,28,30,33)/t20-/m0/s1. The van der Waals surface area contributed by atoms with Gasteiger partial charge >= 0.3 is 12.0 Å². The Morgan fingerprint density at radius 1 is 1.17 bits per heavy atom. The highest BCUT2D eigenvalue weighted by Gasteiger charge is 2.26. The molecule has 3 amide bonds. The third kappa shape index (κ3) is 7.50. The summed E-state index contributed by atoms with van der Waals surface area (Å²) in [6.45, 7) is 4.48. The van der Waals surface area contributed by atoms with Gasteiger partial charge in [-0.1, -0.05) is 19.9 Å². The molecule has 1 aliphatic carbocycles. The van der Waals surface area contributed by atoms with Crippen molar-refractivity contribution in [3.8, 4) is 10.4 Å². The second-order valence-corrected chi connectivity index (χ2v) is 10.3. The van der Waals surface area contributed by atoms with Crippen molar-refractivity contribution in [1.29, 1.82) is 0 Å². The van der Waals surface area contributed by atoms with Crippen molar-refractivity contribution in [2.75, 3.05) is 11.9 Å². The van der Waals surface area contributed by atoms with Crippen LogP contribution in [0.15, 0.2) is 24.3 Å². The number of amides is 3. The van der Waals surface area contributed by atoms with Crippen molar-refractivity contribution in [3.63, 3.8) is 0 Å². The van der Waals surface area contributed by atoms with Crippen LogP contribution in [0, 0.1) is 11.7 Å². The summed E-state index contributed by atoms with van der Waals surface area (Å²) in [5.74, 6) is -1.02. The molecule has 1 fully saturated rings. The van der Waals surface area contributed by atoms with E-state index in [4.69, 9.17) is 16.2 Å². The Morgan fingerprint density at radius 3 is 2.51 bits per heavy atom. The highest BCUT2D eigenvalue weighted by atomic mass is 32.1. The van der Waals surface area contributed by atoms with Gasteiger partial charge in [-0.15, -0.1) is 11.3 Å². The normalized spacial score (nSPS) is 14.7. The molecule has 3 rings (SSSR count). The summed E-state index contributed by atoms with van der Waals surface area (Å²) in [6.07, 6.45) is 4.98. The Balaban J connectivity index is 1.70. The lowest BCUT2D eigenvalue weighted by Gasteiger charge is -2.22. The van der Waals surface area contributed by atoms with E-state index in [-0.39, 0.29) is 28.5 Å². The maximum Gasteiger partial charge on any atom is 0.323 e. The van der Waals surface area contributed by atoms with Crippen molar-refractivity contribution in [2.24, 2.45) is 17.4 Å². The lowest BCUT2D eigenvalue weighted by atomic mass is 10.0. The number of thiophene rings is 1. The van der Waals surface area contributed by atoms with E-state index < -0.39 is 18.0 Å². The zero-order valence-corrected chi connectivity index (χ0v) is 20.9. The number of anilines is 1. The van der Waals surface area contributed by atoms with Gasteiger partial charge in [0.05, 0.1) is 5.56 Å². The predicted molar refractivity (Wildman–Crippen MR) is 135 cm³/mol. The van der Waals surface area contributed by atoms with E-state index in [9.17, 15) is 18.8 Å². The number of halogens is 1. The van der Waals surface area contributed by atoms with E-state index in [1.807, 2.05) is 13.8 Å². The number of urea groups is 1. The molecule has 2 aromatic rings. The van der Waals surface area contributed by atoms with Gasteiger partial charge in [-0.05, 0) is 73.8 Å². The number of hydrogen-bond acceptors (Lipinski definition) is 6. The number of esters is 1. The molecule has 1 aromatic heterocycles. The number of primary amides is 2. The summed E-state index contributed by atoms with van der Waals surface area (Å²) in [5, 5.41) is 5.89. The lowest BCUT2D eigenvalue weighted by molar-refractivity contribution is -0.151. The first-order valence-corrected chi connectivity index (χ1v) is 12.7. The number of nitrogens with one attached hydrogen (secondary N) is 2. The second-order valence-electron chi connectivity index (χ2n) is 9.24. The molecule has 0 unspecified atom stereocenters. The van der Waals surface area contributed by atoms with E-state index in [2.05, 4.69) is 10.6 Å². The summed E-state index contributed by atoms with van der Waals surface area (Å²) in [4.78, 5) is 36.3. The number of carbonyl (C=O) groups excluding carboxylic acids is 3. The molecular formula is C25H33FN4O4S. The fourth-order valence-electron chi connectivity index (χ4n) is 4.21. The number of rotatable bonds is 11. The summed E-state index contributed by atoms with van der Waals surface area (Å²) in [6, 6.07) is 4.93. The molecule has 0 bridgehead atoms. The molecule has 6 N–H and O–H groups in total. The third-order valence-electron chi connectivity index (χ3n) is 5.93. The van der Waals surface area contributed by atoms with E-state index >= 15 is 0 Å². The van der Waals surface area contributed by atoms with Gasteiger partial charge in [0.1, 0.15) is 23.0 Å². The summed E-state index contributed by atoms with van der Waals surface area (Å²) < 4.78 is 20.3. The molecule has 190 valence electrons. The first kappa shape index (κ1) is 26.6. The van der Waals surface area contributed by atoms with E-state index in [0.29, 0.717) is 41.3 Å². The highest BCUT2D eigenvalue weighted by Crippen LogP contribution is 2.36. The minimum absolute atomic E-state index is 0.00174. The molecular weight excluding hydrogens is 471 g/mol. The molecule has 1 atom stereocenters. The van der Waals surface area contributed by atoms with Gasteiger partial charge in [0.25, 0.3) is 5.91 Å². The maximum atomic E-state index is 14.6.